The Kier molecular flexibility index (Phi) is 4.41. The molecular formula is C12H29NSi. The van der Waals surface area contributed by atoms with Crippen LogP contribution in [0.3, 0.4) is 0 Å². The predicted molar refractivity (Wildman–Crippen MR) is 69.4 cm³/mol. The number of rotatable bonds is 3. The molecule has 0 rings (SSSR count). The molecule has 0 heterocycles. The van der Waals surface area contributed by atoms with Crippen LogP contribution in [0.5, 0.6) is 0 Å². The first kappa shape index (κ1) is 14.2. The normalized spacial score (nSPS) is 18.4. The SMILES string of the molecule is CC(C)[C@@H]([C@@H](C)N)[Si](C)(C)C(C)(C)C. The molecule has 0 fully saturated rings. The summed E-state index contributed by atoms with van der Waals surface area (Å²) in [5.41, 5.74) is 6.87. The van der Waals surface area contributed by atoms with Crippen LogP contribution in [0.1, 0.15) is 41.5 Å². The average molecular weight is 215 g/mol. The second-order valence-corrected chi connectivity index (χ2v) is 12.2. The van der Waals surface area contributed by atoms with Crippen LogP contribution in [-0.4, -0.2) is 14.1 Å². The van der Waals surface area contributed by atoms with Gasteiger partial charge in [-0.2, -0.15) is 0 Å². The van der Waals surface area contributed by atoms with E-state index in [1.165, 1.54) is 0 Å². The van der Waals surface area contributed by atoms with E-state index in [9.17, 15) is 0 Å². The summed E-state index contributed by atoms with van der Waals surface area (Å²) < 4.78 is 0. The van der Waals surface area contributed by atoms with Crippen LogP contribution in [0.15, 0.2) is 0 Å². The van der Waals surface area contributed by atoms with E-state index in [1.807, 2.05) is 0 Å². The largest absolute Gasteiger partial charge is 0.328 e. The zero-order valence-corrected chi connectivity index (χ0v) is 12.3. The Hall–Kier alpha value is 0.177. The van der Waals surface area contributed by atoms with Gasteiger partial charge in [-0.25, -0.2) is 0 Å². The van der Waals surface area contributed by atoms with Gasteiger partial charge in [0.05, 0.1) is 8.07 Å². The number of hydrogen-bond acceptors (Lipinski definition) is 1. The molecule has 2 heteroatoms. The van der Waals surface area contributed by atoms with Crippen LogP contribution in [0.2, 0.25) is 23.7 Å². The summed E-state index contributed by atoms with van der Waals surface area (Å²) >= 11 is 0. The third kappa shape index (κ3) is 2.83. The minimum Gasteiger partial charge on any atom is -0.328 e. The second-order valence-electron chi connectivity index (χ2n) is 6.60. The minimum atomic E-state index is -1.29. The molecular weight excluding hydrogens is 186 g/mol. The third-order valence-electron chi connectivity index (χ3n) is 4.05. The average Bonchev–Trinajstić information content (AvgIpc) is 1.79. The van der Waals surface area contributed by atoms with E-state index in [2.05, 4.69) is 54.6 Å². The quantitative estimate of drug-likeness (QED) is 0.711. The lowest BCUT2D eigenvalue weighted by atomic mass is 10.1. The molecule has 0 radical (unpaired) electrons. The van der Waals surface area contributed by atoms with E-state index < -0.39 is 8.07 Å². The van der Waals surface area contributed by atoms with Crippen LogP contribution in [0, 0.1) is 5.92 Å². The van der Waals surface area contributed by atoms with E-state index in [-0.39, 0.29) is 0 Å². The second kappa shape index (κ2) is 4.36. The molecule has 86 valence electrons. The molecule has 14 heavy (non-hydrogen) atoms. The Morgan fingerprint density at radius 1 is 1.00 bits per heavy atom. The zero-order chi connectivity index (χ0) is 11.7. The summed E-state index contributed by atoms with van der Waals surface area (Å²) in [6.45, 7) is 18.9. The Labute approximate surface area is 91.5 Å². The topological polar surface area (TPSA) is 26.0 Å². The molecule has 0 aromatic carbocycles. The fraction of sp³-hybridized carbons (Fsp3) is 1.00. The van der Waals surface area contributed by atoms with Gasteiger partial charge in [0.25, 0.3) is 0 Å². The van der Waals surface area contributed by atoms with Gasteiger partial charge in [0.1, 0.15) is 0 Å². The van der Waals surface area contributed by atoms with Crippen LogP contribution in [0.4, 0.5) is 0 Å². The van der Waals surface area contributed by atoms with Gasteiger partial charge in [-0.1, -0.05) is 47.7 Å². The van der Waals surface area contributed by atoms with Crippen molar-refractivity contribution in [3.8, 4) is 0 Å². The van der Waals surface area contributed by atoms with Crippen LogP contribution in [0.25, 0.3) is 0 Å². The molecule has 0 bridgehead atoms. The van der Waals surface area contributed by atoms with Gasteiger partial charge < -0.3 is 5.73 Å². The lowest BCUT2D eigenvalue weighted by Crippen LogP contribution is -2.50. The van der Waals surface area contributed by atoms with E-state index >= 15 is 0 Å². The number of hydrogen-bond donors (Lipinski definition) is 1. The van der Waals surface area contributed by atoms with Gasteiger partial charge >= 0.3 is 0 Å². The maximum Gasteiger partial charge on any atom is 0.0577 e. The first-order valence-corrected chi connectivity index (χ1v) is 8.85. The molecule has 0 amide bonds. The van der Waals surface area contributed by atoms with Gasteiger partial charge in [0.2, 0.25) is 0 Å². The smallest absolute Gasteiger partial charge is 0.0577 e. The molecule has 2 atom stereocenters. The molecule has 0 saturated carbocycles. The molecule has 0 aromatic heterocycles. The van der Waals surface area contributed by atoms with E-state index in [0.29, 0.717) is 22.5 Å². The Bertz CT molecular complexity index is 169. The Morgan fingerprint density at radius 2 is 1.36 bits per heavy atom. The van der Waals surface area contributed by atoms with Crippen molar-refractivity contribution < 1.29 is 0 Å². The molecule has 0 aliphatic heterocycles. The van der Waals surface area contributed by atoms with Crippen molar-refractivity contribution in [1.29, 1.82) is 0 Å². The fourth-order valence-corrected chi connectivity index (χ4v) is 6.58. The summed E-state index contributed by atoms with van der Waals surface area (Å²) in [7, 11) is -1.29. The monoisotopic (exact) mass is 215 g/mol. The van der Waals surface area contributed by atoms with Crippen molar-refractivity contribution >= 4 is 8.07 Å². The van der Waals surface area contributed by atoms with Gasteiger partial charge in [-0.3, -0.25) is 0 Å². The van der Waals surface area contributed by atoms with E-state index in [1.54, 1.807) is 0 Å². The van der Waals surface area contributed by atoms with Crippen LogP contribution >= 0.6 is 0 Å². The summed E-state index contributed by atoms with van der Waals surface area (Å²) in [5, 5.41) is 0.440. The maximum atomic E-state index is 6.16. The van der Waals surface area contributed by atoms with Crippen LogP contribution in [-0.2, 0) is 0 Å². The number of nitrogens with two attached hydrogens (primary N) is 1. The predicted octanol–water partition coefficient (Wildman–Crippen LogP) is 3.87. The first-order chi connectivity index (χ1) is 6.01. The van der Waals surface area contributed by atoms with Crippen molar-refractivity contribution in [3.63, 3.8) is 0 Å². The van der Waals surface area contributed by atoms with E-state index in [0.717, 1.165) is 0 Å². The standard InChI is InChI=1S/C12H29NSi/c1-9(2)11(10(3)13)14(7,8)12(4,5)6/h9-11H,13H2,1-8H3/t10-,11+/m1/s1. The highest BCUT2D eigenvalue weighted by Crippen LogP contribution is 2.47. The maximum absolute atomic E-state index is 6.16. The van der Waals surface area contributed by atoms with Gasteiger partial charge in [-0.15, -0.1) is 0 Å². The zero-order valence-electron chi connectivity index (χ0n) is 11.3. The van der Waals surface area contributed by atoms with Crippen molar-refractivity contribution in [1.82, 2.24) is 0 Å². The minimum absolute atomic E-state index is 0.330. The highest BCUT2D eigenvalue weighted by atomic mass is 28.3. The molecule has 0 aliphatic carbocycles. The highest BCUT2D eigenvalue weighted by Gasteiger charge is 2.44. The summed E-state index contributed by atoms with van der Waals surface area (Å²) in [6, 6.07) is 0.330. The summed E-state index contributed by atoms with van der Waals surface area (Å²) in [4.78, 5) is 0. The molecule has 0 saturated heterocycles. The fourth-order valence-electron chi connectivity index (χ4n) is 2.60. The summed E-state index contributed by atoms with van der Waals surface area (Å²) in [5.74, 6) is 0.705. The van der Waals surface area contributed by atoms with Crippen molar-refractivity contribution in [2.24, 2.45) is 11.7 Å². The third-order valence-corrected chi connectivity index (χ3v) is 10.8. The van der Waals surface area contributed by atoms with Crippen molar-refractivity contribution in [2.45, 2.75) is 71.3 Å². The molecule has 0 aliphatic rings. The highest BCUT2D eigenvalue weighted by molar-refractivity contribution is 6.81. The molecule has 1 nitrogen and oxygen atoms in total. The molecule has 0 unspecified atom stereocenters. The van der Waals surface area contributed by atoms with Gasteiger partial charge in [0, 0.05) is 6.04 Å². The van der Waals surface area contributed by atoms with Crippen molar-refractivity contribution in [3.05, 3.63) is 0 Å². The van der Waals surface area contributed by atoms with E-state index in [4.69, 9.17) is 5.73 Å². The van der Waals surface area contributed by atoms with Gasteiger partial charge in [0.15, 0.2) is 0 Å². The Morgan fingerprint density at radius 3 is 1.43 bits per heavy atom. The lowest BCUT2D eigenvalue weighted by Gasteiger charge is -2.47. The van der Waals surface area contributed by atoms with Crippen molar-refractivity contribution in [2.75, 3.05) is 0 Å². The Balaban J connectivity index is 5.01. The first-order valence-electron chi connectivity index (χ1n) is 5.77. The molecule has 0 spiro atoms. The lowest BCUT2D eigenvalue weighted by molar-refractivity contribution is 0.483. The van der Waals surface area contributed by atoms with Crippen LogP contribution < -0.4 is 5.73 Å². The molecule has 2 N–H and O–H groups in total. The van der Waals surface area contributed by atoms with Gasteiger partial charge in [-0.05, 0) is 23.4 Å². The molecule has 0 aromatic rings. The summed E-state index contributed by atoms with van der Waals surface area (Å²) in [6.07, 6.45) is 0.